The third-order valence-corrected chi connectivity index (χ3v) is 8.69. The number of hydrogen-bond donors (Lipinski definition) is 4. The Labute approximate surface area is 278 Å². The van der Waals surface area contributed by atoms with E-state index in [1.54, 1.807) is 48.5 Å². The summed E-state index contributed by atoms with van der Waals surface area (Å²) >= 11 is 0. The van der Waals surface area contributed by atoms with Gasteiger partial charge >= 0.3 is 0 Å². The molecule has 1 heterocycles. The summed E-state index contributed by atoms with van der Waals surface area (Å²) in [4.78, 5) is 25.5. The molecule has 0 spiro atoms. The standard InChI is InChI=1S/C34H39N9O5/c35-42-37-22-26-10-3-2-9-25(26)21-34(32(45)41-38-23-33(46)17-6-1-7-18-33)30(28-11-4-5-12-29(28)40-43-36)48-31(39-34)24-13-15-27(16-14-24)47-20-8-19-44/h2-5,9-16,30,38,44,46H,1,6-8,17-23H2,(H,41,45)/t30-,34-/m0/s1. The minimum Gasteiger partial charge on any atom is -0.494 e. The summed E-state index contributed by atoms with van der Waals surface area (Å²) in [5.41, 5.74) is 24.3. The molecule has 0 radical (unpaired) electrons. The Morgan fingerprint density at radius 1 is 1.00 bits per heavy atom. The number of azide groups is 2. The lowest BCUT2D eigenvalue weighted by Gasteiger charge is -2.34. The van der Waals surface area contributed by atoms with E-state index in [0.29, 0.717) is 53.9 Å². The van der Waals surface area contributed by atoms with Gasteiger partial charge in [-0.3, -0.25) is 10.2 Å². The molecule has 0 saturated heterocycles. The molecule has 5 rings (SSSR count). The average molecular weight is 654 g/mol. The number of carbonyl (C=O) groups excluding carboxylic acids is 1. The smallest absolute Gasteiger partial charge is 0.266 e. The molecule has 2 atom stereocenters. The van der Waals surface area contributed by atoms with Crippen LogP contribution in [-0.2, 0) is 22.5 Å². The number of aliphatic hydroxyl groups is 2. The van der Waals surface area contributed by atoms with Crippen LogP contribution in [0.5, 0.6) is 5.75 Å². The Morgan fingerprint density at radius 2 is 1.73 bits per heavy atom. The van der Waals surface area contributed by atoms with Crippen LogP contribution in [-0.4, -0.2) is 52.9 Å². The van der Waals surface area contributed by atoms with Crippen LogP contribution >= 0.6 is 0 Å². The third-order valence-electron chi connectivity index (χ3n) is 8.69. The van der Waals surface area contributed by atoms with Crippen LogP contribution in [0.3, 0.4) is 0 Å². The molecule has 1 saturated carbocycles. The number of amides is 1. The fraction of sp³-hybridized carbons (Fsp3) is 0.412. The van der Waals surface area contributed by atoms with Gasteiger partial charge in [0.1, 0.15) is 5.75 Å². The molecule has 4 N–H and O–H groups in total. The second kappa shape index (κ2) is 16.1. The molecule has 250 valence electrons. The zero-order valence-corrected chi connectivity index (χ0v) is 26.5. The monoisotopic (exact) mass is 653 g/mol. The highest BCUT2D eigenvalue weighted by Gasteiger charge is 2.54. The summed E-state index contributed by atoms with van der Waals surface area (Å²) < 4.78 is 12.3. The molecule has 1 amide bonds. The maximum absolute atomic E-state index is 14.6. The minimum atomic E-state index is -1.65. The number of nitrogens with one attached hydrogen (secondary N) is 2. The highest BCUT2D eigenvalue weighted by molar-refractivity contribution is 6.01. The lowest BCUT2D eigenvalue weighted by atomic mass is 9.80. The number of ether oxygens (including phenoxy) is 2. The van der Waals surface area contributed by atoms with Gasteiger partial charge in [-0.1, -0.05) is 78.0 Å². The Hall–Kier alpha value is -5.10. The third kappa shape index (κ3) is 8.06. The lowest BCUT2D eigenvalue weighted by Crippen LogP contribution is -2.56. The summed E-state index contributed by atoms with van der Waals surface area (Å²) in [7, 11) is 0. The van der Waals surface area contributed by atoms with E-state index < -0.39 is 23.2 Å². The largest absolute Gasteiger partial charge is 0.494 e. The van der Waals surface area contributed by atoms with Gasteiger partial charge in [-0.2, -0.15) is 0 Å². The predicted molar refractivity (Wildman–Crippen MR) is 179 cm³/mol. The Balaban J connectivity index is 1.59. The maximum atomic E-state index is 14.6. The summed E-state index contributed by atoms with van der Waals surface area (Å²) in [6.07, 6.45) is 3.59. The van der Waals surface area contributed by atoms with Crippen molar-refractivity contribution in [1.29, 1.82) is 0 Å². The highest BCUT2D eigenvalue weighted by Crippen LogP contribution is 2.45. The molecular weight excluding hydrogens is 614 g/mol. The second-order valence-corrected chi connectivity index (χ2v) is 12.0. The van der Waals surface area contributed by atoms with E-state index in [1.807, 2.05) is 24.3 Å². The SMILES string of the molecule is [N-]=[N+]=NCc1ccccc1C[C@]1(C(=O)NNCC2(O)CCCCC2)N=C(c2ccc(OCCCO)cc2)O[C@H]1c1ccccc1N=[N+]=[N-]. The van der Waals surface area contributed by atoms with Crippen LogP contribution in [0.1, 0.15) is 66.9 Å². The van der Waals surface area contributed by atoms with Gasteiger partial charge in [0.15, 0.2) is 11.6 Å². The number of hydrogen-bond acceptors (Lipinski definition) is 9. The highest BCUT2D eigenvalue weighted by atomic mass is 16.5. The molecule has 48 heavy (non-hydrogen) atoms. The van der Waals surface area contributed by atoms with Gasteiger partial charge in [0.25, 0.3) is 5.91 Å². The number of rotatable bonds is 15. The Bertz CT molecular complexity index is 1700. The van der Waals surface area contributed by atoms with Gasteiger partial charge in [0, 0.05) is 52.6 Å². The predicted octanol–water partition coefficient (Wildman–Crippen LogP) is 6.02. The summed E-state index contributed by atoms with van der Waals surface area (Å²) in [6, 6.07) is 21.2. The van der Waals surface area contributed by atoms with Crippen molar-refractivity contribution in [1.82, 2.24) is 10.9 Å². The van der Waals surface area contributed by atoms with E-state index in [9.17, 15) is 15.4 Å². The first-order valence-electron chi connectivity index (χ1n) is 16.0. The number of benzene rings is 3. The van der Waals surface area contributed by atoms with Crippen molar-refractivity contribution in [3.05, 3.63) is 116 Å². The van der Waals surface area contributed by atoms with Gasteiger partial charge in [-0.05, 0) is 59.3 Å². The molecule has 0 aromatic heterocycles. The molecule has 1 fully saturated rings. The van der Waals surface area contributed by atoms with Crippen molar-refractivity contribution in [3.63, 3.8) is 0 Å². The van der Waals surface area contributed by atoms with Crippen LogP contribution in [0.15, 0.2) is 88.0 Å². The zero-order chi connectivity index (χ0) is 33.8. The fourth-order valence-electron chi connectivity index (χ4n) is 6.17. The fourth-order valence-corrected chi connectivity index (χ4v) is 6.17. The summed E-state index contributed by atoms with van der Waals surface area (Å²) in [6.45, 7) is 0.584. The summed E-state index contributed by atoms with van der Waals surface area (Å²) in [5, 5.41) is 27.8. The molecule has 0 unspecified atom stereocenters. The van der Waals surface area contributed by atoms with E-state index in [4.69, 9.17) is 25.1 Å². The van der Waals surface area contributed by atoms with Crippen molar-refractivity contribution in [2.45, 2.75) is 68.7 Å². The van der Waals surface area contributed by atoms with Gasteiger partial charge in [0.2, 0.25) is 5.90 Å². The minimum absolute atomic E-state index is 0.0196. The van der Waals surface area contributed by atoms with Gasteiger partial charge < -0.3 is 19.7 Å². The quantitative estimate of drug-likeness (QED) is 0.0506. The first-order chi connectivity index (χ1) is 23.4. The van der Waals surface area contributed by atoms with Crippen molar-refractivity contribution in [2.75, 3.05) is 19.8 Å². The molecule has 3 aromatic rings. The van der Waals surface area contributed by atoms with E-state index in [1.165, 1.54) is 0 Å². The van der Waals surface area contributed by atoms with Gasteiger partial charge in [-0.25, -0.2) is 10.4 Å². The number of hydrazine groups is 1. The van der Waals surface area contributed by atoms with Crippen molar-refractivity contribution < 1.29 is 24.5 Å². The van der Waals surface area contributed by atoms with E-state index in [0.717, 1.165) is 19.3 Å². The lowest BCUT2D eigenvalue weighted by molar-refractivity contribution is -0.130. The Morgan fingerprint density at radius 3 is 2.46 bits per heavy atom. The maximum Gasteiger partial charge on any atom is 0.266 e. The van der Waals surface area contributed by atoms with E-state index in [-0.39, 0.29) is 37.7 Å². The van der Waals surface area contributed by atoms with Crippen LogP contribution in [0, 0.1) is 0 Å². The first kappa shape index (κ1) is 34.2. The van der Waals surface area contributed by atoms with E-state index in [2.05, 4.69) is 30.9 Å². The van der Waals surface area contributed by atoms with E-state index >= 15 is 0 Å². The molecule has 3 aromatic carbocycles. The van der Waals surface area contributed by atoms with Crippen LogP contribution in [0.4, 0.5) is 5.69 Å². The Kier molecular flexibility index (Phi) is 11.5. The van der Waals surface area contributed by atoms with Crippen molar-refractivity contribution in [2.24, 2.45) is 15.2 Å². The van der Waals surface area contributed by atoms with Gasteiger partial charge in [0.05, 0.1) is 18.8 Å². The number of aliphatic imine (C=N–C) groups is 1. The normalized spacial score (nSPS) is 19.6. The molecule has 1 aliphatic heterocycles. The number of carbonyl (C=O) groups is 1. The average Bonchev–Trinajstić information content (AvgIpc) is 3.49. The van der Waals surface area contributed by atoms with Crippen LogP contribution < -0.4 is 15.6 Å². The second-order valence-electron chi connectivity index (χ2n) is 12.0. The molecule has 0 bridgehead atoms. The van der Waals surface area contributed by atoms with Crippen molar-refractivity contribution >= 4 is 17.5 Å². The zero-order valence-electron chi connectivity index (χ0n) is 26.5. The first-order valence-corrected chi connectivity index (χ1v) is 16.0. The molecule has 14 heteroatoms. The molecule has 2 aliphatic rings. The van der Waals surface area contributed by atoms with Crippen LogP contribution in [0.2, 0.25) is 0 Å². The number of aliphatic hydroxyl groups excluding tert-OH is 1. The number of nitrogens with zero attached hydrogens (tertiary/aromatic N) is 7. The molecule has 1 aliphatic carbocycles. The van der Waals surface area contributed by atoms with Crippen molar-refractivity contribution in [3.8, 4) is 5.75 Å². The van der Waals surface area contributed by atoms with Crippen LogP contribution in [0.25, 0.3) is 20.9 Å². The molecule has 14 nitrogen and oxygen atoms in total. The molecular formula is C34H39N9O5. The van der Waals surface area contributed by atoms with Gasteiger partial charge in [-0.15, -0.1) is 0 Å². The topological polar surface area (TPSA) is 210 Å². The summed E-state index contributed by atoms with van der Waals surface area (Å²) in [5.74, 6) is 0.253.